The monoisotopic (exact) mass is 782 g/mol. The number of alkyl carbamates (subject to hydrolysis) is 1. The smallest absolute Gasteiger partial charge is 0.407 e. The molecule has 0 bridgehead atoms. The van der Waals surface area contributed by atoms with E-state index >= 15 is 0 Å². The fourth-order valence-electron chi connectivity index (χ4n) is 8.23. The summed E-state index contributed by atoms with van der Waals surface area (Å²) in [7, 11) is 1.29. The van der Waals surface area contributed by atoms with Crippen LogP contribution in [0.3, 0.4) is 0 Å². The van der Waals surface area contributed by atoms with Crippen molar-refractivity contribution in [2.75, 3.05) is 33.3 Å². The first kappa shape index (κ1) is 38.4. The Morgan fingerprint density at radius 2 is 1.28 bits per heavy atom. The molecule has 5 aromatic rings. The highest BCUT2D eigenvalue weighted by Crippen LogP contribution is 2.36. The largest absolute Gasteiger partial charge is 0.453 e. The average Bonchev–Trinajstić information content (AvgIpc) is 4.11. The van der Waals surface area contributed by atoms with Crippen molar-refractivity contribution in [3.63, 3.8) is 0 Å². The topological polar surface area (TPSA) is 173 Å². The molecule has 5 N–H and O–H groups in total. The minimum Gasteiger partial charge on any atom is -0.453 e. The molecule has 5 heterocycles. The Bertz CT molecular complexity index is 2250. The van der Waals surface area contributed by atoms with Crippen molar-refractivity contribution >= 4 is 23.9 Å². The highest BCUT2D eigenvalue weighted by molar-refractivity contribution is 5.90. The summed E-state index contributed by atoms with van der Waals surface area (Å²) in [4.78, 5) is 64.6. The number of carbonyl (C=O) groups is 3. The number of rotatable bonds is 11. The molecule has 14 nitrogen and oxygen atoms in total. The van der Waals surface area contributed by atoms with E-state index in [9.17, 15) is 14.4 Å². The number of H-pyrrole nitrogens is 2. The predicted molar refractivity (Wildman–Crippen MR) is 221 cm³/mol. The van der Waals surface area contributed by atoms with Gasteiger partial charge in [0, 0.05) is 19.6 Å². The molecule has 3 aromatic carbocycles. The Labute approximate surface area is 337 Å². The summed E-state index contributed by atoms with van der Waals surface area (Å²) in [5.41, 5.74) is 6.60. The number of methoxy groups -OCH3 is 1. The van der Waals surface area contributed by atoms with E-state index in [4.69, 9.17) is 14.7 Å². The molecule has 8 rings (SSSR count). The van der Waals surface area contributed by atoms with Gasteiger partial charge in [0.2, 0.25) is 5.91 Å². The van der Waals surface area contributed by atoms with Gasteiger partial charge in [-0.15, -0.1) is 0 Å². The Balaban J connectivity index is 0.918. The van der Waals surface area contributed by atoms with Gasteiger partial charge < -0.3 is 40.5 Å². The summed E-state index contributed by atoms with van der Waals surface area (Å²) in [6, 6.07) is 24.3. The van der Waals surface area contributed by atoms with Gasteiger partial charge in [-0.3, -0.25) is 14.6 Å². The van der Waals surface area contributed by atoms with Crippen LogP contribution >= 0.6 is 0 Å². The molecule has 0 saturated carbocycles. The number of carbonyl (C=O) groups excluding carboxylic acids is 3. The highest BCUT2D eigenvalue weighted by Gasteiger charge is 2.38. The second-order valence-corrected chi connectivity index (χ2v) is 15.4. The lowest BCUT2D eigenvalue weighted by Crippen LogP contribution is -2.53. The fourth-order valence-corrected chi connectivity index (χ4v) is 8.23. The lowest BCUT2D eigenvalue weighted by atomic mass is 10.0. The predicted octanol–water partition coefficient (Wildman–Crippen LogP) is 6.13. The average molecular weight is 783 g/mol. The van der Waals surface area contributed by atoms with Gasteiger partial charge in [-0.25, -0.2) is 14.8 Å². The number of imidazole rings is 2. The van der Waals surface area contributed by atoms with Crippen LogP contribution in [0.15, 0.2) is 96.2 Å². The van der Waals surface area contributed by atoms with Crippen molar-refractivity contribution in [2.45, 2.75) is 63.7 Å². The molecule has 2 fully saturated rings. The van der Waals surface area contributed by atoms with Gasteiger partial charge in [-0.1, -0.05) is 92.7 Å². The number of nitrogens with zero attached hydrogens (tertiary/aromatic N) is 5. The molecule has 2 aromatic heterocycles. The van der Waals surface area contributed by atoms with E-state index in [1.807, 2.05) is 47.6 Å². The first-order chi connectivity index (χ1) is 28.3. The molecule has 300 valence electrons. The van der Waals surface area contributed by atoms with Crippen molar-refractivity contribution in [2.24, 2.45) is 10.9 Å². The lowest BCUT2D eigenvalue weighted by molar-refractivity contribution is -0.135. The van der Waals surface area contributed by atoms with Crippen LogP contribution < -0.4 is 16.0 Å². The van der Waals surface area contributed by atoms with E-state index in [0.29, 0.717) is 37.0 Å². The third-order valence-electron chi connectivity index (χ3n) is 11.3. The molecule has 0 radical (unpaired) electrons. The van der Waals surface area contributed by atoms with E-state index in [1.54, 1.807) is 4.90 Å². The molecule has 0 spiro atoms. The van der Waals surface area contributed by atoms with Crippen LogP contribution in [0.1, 0.15) is 74.9 Å². The van der Waals surface area contributed by atoms with Crippen molar-refractivity contribution < 1.29 is 19.1 Å². The standard InChI is InChI=1S/C44H50N10O4/c1-27(2)37(51-43-45-21-22-46-43)41(55)53-23-7-11-35(53)39-47-25-33(49-39)30-17-13-28(14-18-30)29-15-19-31(20-16-29)34-26-48-40(50-34)36-12-8-24-54(36)42(56)38(52-44(57)58-3)32-9-5-4-6-10-32/h4-6,9-10,13-20,25-27,35-38H,7-8,11-12,21-24H2,1-3H3,(H,47,49)(H,48,50)(H,52,57)(H2,45,46,51)/t35-,36-,37-,38+/m0/s1. The summed E-state index contributed by atoms with van der Waals surface area (Å²) in [5, 5.41) is 9.29. The molecule has 0 aliphatic carbocycles. The number of hydrogen-bond donors (Lipinski definition) is 5. The zero-order valence-corrected chi connectivity index (χ0v) is 33.1. The summed E-state index contributed by atoms with van der Waals surface area (Å²) < 4.78 is 4.83. The van der Waals surface area contributed by atoms with Gasteiger partial charge in [0.25, 0.3) is 5.91 Å². The number of aliphatic imine (C=N–C) groups is 1. The quantitative estimate of drug-likeness (QED) is 0.106. The van der Waals surface area contributed by atoms with Crippen LogP contribution in [0, 0.1) is 5.92 Å². The van der Waals surface area contributed by atoms with Crippen molar-refractivity contribution in [1.82, 2.24) is 45.7 Å². The first-order valence-corrected chi connectivity index (χ1v) is 20.1. The maximum Gasteiger partial charge on any atom is 0.407 e. The summed E-state index contributed by atoms with van der Waals surface area (Å²) in [5.74, 6) is 2.19. The highest BCUT2D eigenvalue weighted by atomic mass is 16.5. The van der Waals surface area contributed by atoms with Gasteiger partial charge in [0.05, 0.1) is 49.5 Å². The summed E-state index contributed by atoms with van der Waals surface area (Å²) in [6.45, 7) is 6.88. The summed E-state index contributed by atoms with van der Waals surface area (Å²) in [6.07, 6.45) is 6.38. The number of guanidine groups is 1. The molecular weight excluding hydrogens is 733 g/mol. The maximum absolute atomic E-state index is 13.9. The maximum atomic E-state index is 13.9. The normalized spacial score (nSPS) is 18.8. The molecule has 58 heavy (non-hydrogen) atoms. The van der Waals surface area contributed by atoms with Crippen LogP contribution in [0.2, 0.25) is 0 Å². The second-order valence-electron chi connectivity index (χ2n) is 15.4. The van der Waals surface area contributed by atoms with Gasteiger partial charge in [-0.05, 0) is 59.4 Å². The summed E-state index contributed by atoms with van der Waals surface area (Å²) >= 11 is 0. The molecule has 2 saturated heterocycles. The molecular formula is C44H50N10O4. The number of hydrogen-bond acceptors (Lipinski definition) is 9. The minimum absolute atomic E-state index is 0.0752. The zero-order chi connectivity index (χ0) is 40.2. The van der Waals surface area contributed by atoms with Crippen LogP contribution in [-0.2, 0) is 14.3 Å². The zero-order valence-electron chi connectivity index (χ0n) is 33.1. The number of likely N-dealkylation sites (tertiary alicyclic amines) is 2. The molecule has 3 aliphatic rings. The number of benzene rings is 3. The van der Waals surface area contributed by atoms with Crippen molar-refractivity contribution in [1.29, 1.82) is 0 Å². The Morgan fingerprint density at radius 3 is 1.78 bits per heavy atom. The molecule has 4 atom stereocenters. The van der Waals surface area contributed by atoms with Crippen LogP contribution in [0.25, 0.3) is 33.6 Å². The SMILES string of the molecule is COC(=O)N[C@@H](C(=O)N1CCC[C@H]1c1ncc(-c2ccc(-c3ccc(-c4cnc([C@@H]5CCCN5C(=O)[C@@H](NC5=NCCN5)C(C)C)[nH]4)cc3)cc2)[nH]1)c1ccccc1. The molecule has 3 aliphatic heterocycles. The Kier molecular flexibility index (Phi) is 11.2. The van der Waals surface area contributed by atoms with E-state index in [0.717, 1.165) is 71.7 Å². The molecule has 0 unspecified atom stereocenters. The number of aromatic nitrogens is 4. The van der Waals surface area contributed by atoms with Crippen LogP contribution in [0.4, 0.5) is 4.79 Å². The number of nitrogens with one attached hydrogen (secondary N) is 5. The van der Waals surface area contributed by atoms with E-state index in [2.05, 4.69) is 93.3 Å². The fraction of sp³-hybridized carbons (Fsp3) is 0.364. The lowest BCUT2D eigenvalue weighted by Gasteiger charge is -2.30. The van der Waals surface area contributed by atoms with Crippen LogP contribution in [-0.4, -0.2) is 92.9 Å². The minimum atomic E-state index is -0.872. The van der Waals surface area contributed by atoms with Gasteiger partial charge in [0.15, 0.2) is 5.96 Å². The number of ether oxygens (including phenoxy) is 1. The molecule has 14 heteroatoms. The van der Waals surface area contributed by atoms with E-state index in [1.165, 1.54) is 7.11 Å². The van der Waals surface area contributed by atoms with Crippen molar-refractivity contribution in [3.8, 4) is 33.6 Å². The first-order valence-electron chi connectivity index (χ1n) is 20.1. The van der Waals surface area contributed by atoms with E-state index < -0.39 is 12.1 Å². The van der Waals surface area contributed by atoms with Crippen molar-refractivity contribution in [3.05, 3.63) is 108 Å². The van der Waals surface area contributed by atoms with Gasteiger partial charge in [0.1, 0.15) is 23.7 Å². The third-order valence-corrected chi connectivity index (χ3v) is 11.3. The Hall–Kier alpha value is -6.44. The Morgan fingerprint density at radius 1 is 0.741 bits per heavy atom. The second kappa shape index (κ2) is 17.0. The van der Waals surface area contributed by atoms with Gasteiger partial charge in [-0.2, -0.15) is 0 Å². The van der Waals surface area contributed by atoms with E-state index in [-0.39, 0.29) is 35.9 Å². The third kappa shape index (κ3) is 8.04. The van der Waals surface area contributed by atoms with Crippen LogP contribution in [0.5, 0.6) is 0 Å². The number of amides is 3. The molecule has 3 amide bonds. The van der Waals surface area contributed by atoms with Gasteiger partial charge >= 0.3 is 6.09 Å². The number of aromatic amines is 2.